The number of nitrogens with zero attached hydrogens (tertiary/aromatic N) is 3. The lowest BCUT2D eigenvalue weighted by atomic mass is 9.95. The standard InChI is InChI=1S/C17H19N3O2S2/c1-24(21,22)17-19-18-16(23-17)11-20-14-7-8-15(20)10-13(9-14)12-5-3-2-4-6-12/h2-6,9,14-15H,7-8,10-11H2,1H3. The topological polar surface area (TPSA) is 63.2 Å². The van der Waals surface area contributed by atoms with E-state index in [4.69, 9.17) is 0 Å². The summed E-state index contributed by atoms with van der Waals surface area (Å²) in [5.74, 6) is 0. The first-order valence-electron chi connectivity index (χ1n) is 8.05. The molecule has 0 amide bonds. The van der Waals surface area contributed by atoms with Crippen LogP contribution < -0.4 is 0 Å². The molecule has 2 aliphatic rings. The number of fused-ring (bicyclic) bond motifs is 2. The Kier molecular flexibility index (Phi) is 4.02. The van der Waals surface area contributed by atoms with Crippen LogP contribution in [-0.4, -0.2) is 41.9 Å². The number of rotatable bonds is 4. The van der Waals surface area contributed by atoms with Gasteiger partial charge >= 0.3 is 0 Å². The van der Waals surface area contributed by atoms with Gasteiger partial charge in [-0.15, -0.1) is 10.2 Å². The van der Waals surface area contributed by atoms with Gasteiger partial charge in [-0.25, -0.2) is 8.42 Å². The lowest BCUT2D eigenvalue weighted by Crippen LogP contribution is -2.37. The highest BCUT2D eigenvalue weighted by atomic mass is 32.2. The highest BCUT2D eigenvalue weighted by Gasteiger charge is 2.37. The summed E-state index contributed by atoms with van der Waals surface area (Å²) >= 11 is 1.19. The molecule has 7 heteroatoms. The van der Waals surface area contributed by atoms with Gasteiger partial charge in [0.05, 0.1) is 6.54 Å². The molecule has 2 bridgehead atoms. The van der Waals surface area contributed by atoms with E-state index in [0.717, 1.165) is 17.8 Å². The smallest absolute Gasteiger partial charge is 0.232 e. The fraction of sp³-hybridized carbons (Fsp3) is 0.412. The van der Waals surface area contributed by atoms with Crippen LogP contribution in [0.5, 0.6) is 0 Å². The molecular formula is C17H19N3O2S2. The van der Waals surface area contributed by atoms with E-state index in [-0.39, 0.29) is 4.34 Å². The Morgan fingerprint density at radius 2 is 2.00 bits per heavy atom. The van der Waals surface area contributed by atoms with Gasteiger partial charge in [-0.2, -0.15) is 0 Å². The van der Waals surface area contributed by atoms with Gasteiger partial charge in [-0.05, 0) is 30.4 Å². The number of hydrogen-bond donors (Lipinski definition) is 0. The lowest BCUT2D eigenvalue weighted by Gasteiger charge is -2.33. The highest BCUT2D eigenvalue weighted by Crippen LogP contribution is 2.39. The first-order valence-corrected chi connectivity index (χ1v) is 10.8. The number of aromatic nitrogens is 2. The van der Waals surface area contributed by atoms with E-state index in [9.17, 15) is 8.42 Å². The molecule has 1 fully saturated rings. The Morgan fingerprint density at radius 1 is 1.21 bits per heavy atom. The number of sulfone groups is 1. The first kappa shape index (κ1) is 15.9. The van der Waals surface area contributed by atoms with Gasteiger partial charge < -0.3 is 0 Å². The Labute approximate surface area is 146 Å². The zero-order chi connectivity index (χ0) is 16.7. The molecule has 2 unspecified atom stereocenters. The molecule has 1 saturated heterocycles. The van der Waals surface area contributed by atoms with Crippen LogP contribution in [0.1, 0.15) is 29.8 Å². The number of benzene rings is 1. The highest BCUT2D eigenvalue weighted by molar-refractivity contribution is 7.92. The van der Waals surface area contributed by atoms with Crippen molar-refractivity contribution in [1.29, 1.82) is 0 Å². The van der Waals surface area contributed by atoms with E-state index in [1.165, 1.54) is 35.1 Å². The van der Waals surface area contributed by atoms with Crippen molar-refractivity contribution in [3.8, 4) is 0 Å². The van der Waals surface area contributed by atoms with Gasteiger partial charge in [0, 0.05) is 18.3 Å². The minimum atomic E-state index is -3.26. The molecule has 2 aliphatic heterocycles. The quantitative estimate of drug-likeness (QED) is 0.838. The van der Waals surface area contributed by atoms with Gasteiger partial charge in [0.1, 0.15) is 5.01 Å². The second-order valence-electron chi connectivity index (χ2n) is 6.47. The van der Waals surface area contributed by atoms with Crippen molar-refractivity contribution in [2.75, 3.05) is 6.26 Å². The summed E-state index contributed by atoms with van der Waals surface area (Å²) in [4.78, 5) is 2.44. The summed E-state index contributed by atoms with van der Waals surface area (Å²) < 4.78 is 23.2. The lowest BCUT2D eigenvalue weighted by molar-refractivity contribution is 0.202. The number of hydrogen-bond acceptors (Lipinski definition) is 6. The molecule has 0 saturated carbocycles. The Balaban J connectivity index is 1.54. The van der Waals surface area contributed by atoms with Crippen molar-refractivity contribution >= 4 is 26.7 Å². The summed E-state index contributed by atoms with van der Waals surface area (Å²) in [5, 5.41) is 8.68. The van der Waals surface area contributed by atoms with Crippen LogP contribution in [0.2, 0.25) is 0 Å². The predicted molar refractivity (Wildman–Crippen MR) is 94.4 cm³/mol. The Hall–Kier alpha value is -1.57. The summed E-state index contributed by atoms with van der Waals surface area (Å²) in [5.41, 5.74) is 2.73. The zero-order valence-electron chi connectivity index (χ0n) is 13.4. The molecule has 0 spiro atoms. The van der Waals surface area contributed by atoms with Crippen molar-refractivity contribution in [2.45, 2.75) is 42.2 Å². The Morgan fingerprint density at radius 3 is 2.67 bits per heavy atom. The molecule has 1 aromatic carbocycles. The van der Waals surface area contributed by atoms with Crippen molar-refractivity contribution in [1.82, 2.24) is 15.1 Å². The van der Waals surface area contributed by atoms with Crippen LogP contribution in [0, 0.1) is 0 Å². The second kappa shape index (κ2) is 6.06. The fourth-order valence-electron chi connectivity index (χ4n) is 3.64. The summed E-state index contributed by atoms with van der Waals surface area (Å²) in [6, 6.07) is 11.5. The minimum absolute atomic E-state index is 0.113. The van der Waals surface area contributed by atoms with Gasteiger partial charge in [-0.3, -0.25) is 4.90 Å². The third kappa shape index (κ3) is 3.03. The molecule has 5 nitrogen and oxygen atoms in total. The molecule has 24 heavy (non-hydrogen) atoms. The maximum atomic E-state index is 11.6. The van der Waals surface area contributed by atoms with E-state index >= 15 is 0 Å². The van der Waals surface area contributed by atoms with E-state index in [2.05, 4.69) is 45.4 Å². The molecule has 3 heterocycles. The predicted octanol–water partition coefficient (Wildman–Crippen LogP) is 2.76. The molecule has 4 rings (SSSR count). The maximum Gasteiger partial charge on any atom is 0.232 e. The molecule has 2 atom stereocenters. The second-order valence-corrected chi connectivity index (χ2v) is 9.72. The summed E-state index contributed by atoms with van der Waals surface area (Å²) in [6.45, 7) is 0.682. The molecule has 0 N–H and O–H groups in total. The van der Waals surface area contributed by atoms with Crippen LogP contribution in [0.25, 0.3) is 5.57 Å². The molecule has 2 aromatic rings. The van der Waals surface area contributed by atoms with E-state index in [1.807, 2.05) is 6.07 Å². The molecule has 1 aromatic heterocycles. The molecule has 0 radical (unpaired) electrons. The van der Waals surface area contributed by atoms with Gasteiger partial charge in [0.15, 0.2) is 0 Å². The monoisotopic (exact) mass is 361 g/mol. The normalized spacial score (nSPS) is 24.1. The molecule has 126 valence electrons. The fourth-order valence-corrected chi connectivity index (χ4v) is 5.30. The van der Waals surface area contributed by atoms with Gasteiger partial charge in [0.2, 0.25) is 14.2 Å². The van der Waals surface area contributed by atoms with Crippen LogP contribution >= 0.6 is 11.3 Å². The zero-order valence-corrected chi connectivity index (χ0v) is 15.1. The van der Waals surface area contributed by atoms with Crippen molar-refractivity contribution in [2.24, 2.45) is 0 Å². The largest absolute Gasteiger partial charge is 0.287 e. The van der Waals surface area contributed by atoms with E-state index in [0.29, 0.717) is 18.6 Å². The first-order chi connectivity index (χ1) is 11.5. The van der Waals surface area contributed by atoms with Crippen LogP contribution in [0.15, 0.2) is 40.7 Å². The van der Waals surface area contributed by atoms with Gasteiger partial charge in [-0.1, -0.05) is 47.7 Å². The minimum Gasteiger partial charge on any atom is -0.287 e. The van der Waals surface area contributed by atoms with Crippen LogP contribution in [0.3, 0.4) is 0 Å². The van der Waals surface area contributed by atoms with E-state index < -0.39 is 9.84 Å². The molecule has 0 aliphatic carbocycles. The van der Waals surface area contributed by atoms with Crippen LogP contribution in [-0.2, 0) is 16.4 Å². The van der Waals surface area contributed by atoms with Gasteiger partial charge in [0.25, 0.3) is 0 Å². The Bertz CT molecular complexity index is 874. The van der Waals surface area contributed by atoms with Crippen molar-refractivity contribution in [3.63, 3.8) is 0 Å². The average Bonchev–Trinajstić information content (AvgIpc) is 3.11. The van der Waals surface area contributed by atoms with Crippen LogP contribution in [0.4, 0.5) is 0 Å². The maximum absolute atomic E-state index is 11.6. The SMILES string of the molecule is CS(=O)(=O)c1nnc(CN2C3C=C(c4ccccc4)CC2CC3)s1. The third-order valence-corrected chi connectivity index (χ3v) is 7.34. The average molecular weight is 361 g/mol. The van der Waals surface area contributed by atoms with E-state index in [1.54, 1.807) is 0 Å². The summed E-state index contributed by atoms with van der Waals surface area (Å²) in [6.07, 6.45) is 6.92. The van der Waals surface area contributed by atoms with Crippen molar-refractivity contribution in [3.05, 3.63) is 47.0 Å². The summed E-state index contributed by atoms with van der Waals surface area (Å²) in [7, 11) is -3.26. The van der Waals surface area contributed by atoms with Crippen molar-refractivity contribution < 1.29 is 8.42 Å². The third-order valence-electron chi connectivity index (χ3n) is 4.77. The molecular weight excluding hydrogens is 342 g/mol.